The molecule has 0 saturated carbocycles. The predicted octanol–water partition coefficient (Wildman–Crippen LogP) is 2.86. The molecule has 1 N–H and O–H groups in total. The number of nitrogens with one attached hydrogen (secondary N) is 1. The van der Waals surface area contributed by atoms with Crippen LogP contribution in [-0.4, -0.2) is 29.1 Å². The average Bonchev–Trinajstić information content (AvgIpc) is 2.48. The number of halogens is 1. The number of hydrogen-bond donors (Lipinski definition) is 1. The van der Waals surface area contributed by atoms with Crippen LogP contribution in [0, 0.1) is 0 Å². The fourth-order valence-corrected chi connectivity index (χ4v) is 2.21. The van der Waals surface area contributed by atoms with Crippen molar-refractivity contribution in [3.8, 4) is 0 Å². The van der Waals surface area contributed by atoms with Crippen LogP contribution in [-0.2, 0) is 4.74 Å². The van der Waals surface area contributed by atoms with E-state index in [1.807, 2.05) is 24.3 Å². The van der Waals surface area contributed by atoms with Gasteiger partial charge in [-0.05, 0) is 0 Å². The first-order valence-electron chi connectivity index (χ1n) is 6.15. The highest BCUT2D eigenvalue weighted by atomic mass is 35.5. The Morgan fingerprint density at radius 3 is 2.63 bits per heavy atom. The van der Waals surface area contributed by atoms with Crippen LogP contribution in [0.3, 0.4) is 0 Å². The molecule has 5 nitrogen and oxygen atoms in total. The molecule has 1 saturated heterocycles. The highest BCUT2D eigenvalue weighted by Gasteiger charge is 2.09. The van der Waals surface area contributed by atoms with Crippen LogP contribution in [0.5, 0.6) is 0 Å². The SMILES string of the molecule is Clc1nnc(NN=C2CCOCC2)c2ccccc12. The number of ether oxygens (including phenoxy) is 1. The minimum Gasteiger partial charge on any atom is -0.381 e. The maximum atomic E-state index is 6.02. The predicted molar refractivity (Wildman–Crippen MR) is 75.7 cm³/mol. The van der Waals surface area contributed by atoms with Gasteiger partial charge in [0.15, 0.2) is 11.0 Å². The quantitative estimate of drug-likeness (QED) is 0.857. The van der Waals surface area contributed by atoms with Crippen molar-refractivity contribution in [3.63, 3.8) is 0 Å². The van der Waals surface area contributed by atoms with Gasteiger partial charge in [0.05, 0.1) is 13.2 Å². The number of benzene rings is 1. The van der Waals surface area contributed by atoms with Crippen molar-refractivity contribution in [3.05, 3.63) is 29.4 Å². The van der Waals surface area contributed by atoms with Crippen molar-refractivity contribution < 1.29 is 4.74 Å². The third-order valence-electron chi connectivity index (χ3n) is 3.03. The molecule has 0 amide bonds. The highest BCUT2D eigenvalue weighted by molar-refractivity contribution is 6.34. The van der Waals surface area contributed by atoms with Gasteiger partial charge in [-0.25, -0.2) is 0 Å². The smallest absolute Gasteiger partial charge is 0.176 e. The van der Waals surface area contributed by atoms with E-state index in [9.17, 15) is 0 Å². The molecule has 0 radical (unpaired) electrons. The molecule has 2 heterocycles. The molecule has 0 spiro atoms. The van der Waals surface area contributed by atoms with E-state index in [0.717, 1.165) is 42.5 Å². The highest BCUT2D eigenvalue weighted by Crippen LogP contribution is 2.25. The van der Waals surface area contributed by atoms with Crippen molar-refractivity contribution in [2.24, 2.45) is 5.10 Å². The van der Waals surface area contributed by atoms with Gasteiger partial charge >= 0.3 is 0 Å². The monoisotopic (exact) mass is 276 g/mol. The fraction of sp³-hybridized carbons (Fsp3) is 0.308. The molecular formula is C13H13ClN4O. The Kier molecular flexibility index (Phi) is 3.57. The molecule has 3 rings (SSSR count). The summed E-state index contributed by atoms with van der Waals surface area (Å²) in [4.78, 5) is 0. The Morgan fingerprint density at radius 1 is 1.11 bits per heavy atom. The standard InChI is InChI=1S/C13H13ClN4O/c14-12-10-3-1-2-4-11(10)13(18-16-12)17-15-9-5-7-19-8-6-9/h1-4H,5-8H2,(H,17,18). The third-order valence-corrected chi connectivity index (χ3v) is 3.31. The number of nitrogens with zero attached hydrogens (tertiary/aromatic N) is 3. The van der Waals surface area contributed by atoms with Gasteiger partial charge in [0, 0.05) is 29.3 Å². The first kappa shape index (κ1) is 12.3. The summed E-state index contributed by atoms with van der Waals surface area (Å²) in [7, 11) is 0. The van der Waals surface area contributed by atoms with Gasteiger partial charge < -0.3 is 4.74 Å². The van der Waals surface area contributed by atoms with Crippen LogP contribution in [0.4, 0.5) is 5.82 Å². The minimum absolute atomic E-state index is 0.403. The normalized spacial score (nSPS) is 15.5. The van der Waals surface area contributed by atoms with Gasteiger partial charge in [-0.15, -0.1) is 10.2 Å². The topological polar surface area (TPSA) is 59.4 Å². The van der Waals surface area contributed by atoms with Crippen LogP contribution in [0.25, 0.3) is 10.8 Å². The maximum absolute atomic E-state index is 6.02. The Hall–Kier alpha value is -1.72. The zero-order valence-corrected chi connectivity index (χ0v) is 11.0. The Balaban J connectivity index is 1.90. The molecule has 0 bridgehead atoms. The van der Waals surface area contributed by atoms with E-state index in [-0.39, 0.29) is 0 Å². The molecule has 1 aliphatic heterocycles. The minimum atomic E-state index is 0.403. The molecule has 1 aliphatic rings. The largest absolute Gasteiger partial charge is 0.381 e. The zero-order chi connectivity index (χ0) is 13.1. The van der Waals surface area contributed by atoms with E-state index < -0.39 is 0 Å². The second kappa shape index (κ2) is 5.50. The van der Waals surface area contributed by atoms with Gasteiger partial charge in [-0.1, -0.05) is 35.9 Å². The summed E-state index contributed by atoms with van der Waals surface area (Å²) >= 11 is 6.02. The van der Waals surface area contributed by atoms with E-state index in [0.29, 0.717) is 11.0 Å². The Bertz CT molecular complexity index is 621. The van der Waals surface area contributed by atoms with Crippen molar-refractivity contribution in [2.75, 3.05) is 18.6 Å². The first-order chi connectivity index (χ1) is 9.34. The molecule has 0 aliphatic carbocycles. The van der Waals surface area contributed by atoms with Crippen LogP contribution in [0.15, 0.2) is 29.4 Å². The summed E-state index contributed by atoms with van der Waals surface area (Å²) < 4.78 is 5.28. The Morgan fingerprint density at radius 2 is 1.84 bits per heavy atom. The maximum Gasteiger partial charge on any atom is 0.176 e. The lowest BCUT2D eigenvalue weighted by Gasteiger charge is -2.13. The molecule has 1 aromatic heterocycles. The zero-order valence-electron chi connectivity index (χ0n) is 10.3. The second-order valence-corrected chi connectivity index (χ2v) is 4.65. The second-order valence-electron chi connectivity index (χ2n) is 4.29. The van der Waals surface area contributed by atoms with Crippen LogP contribution in [0.1, 0.15) is 12.8 Å². The van der Waals surface area contributed by atoms with Gasteiger partial charge in [0.1, 0.15) is 0 Å². The van der Waals surface area contributed by atoms with E-state index in [2.05, 4.69) is 20.7 Å². The van der Waals surface area contributed by atoms with Gasteiger partial charge in [0.25, 0.3) is 0 Å². The number of anilines is 1. The first-order valence-corrected chi connectivity index (χ1v) is 6.52. The van der Waals surface area contributed by atoms with Crippen molar-refractivity contribution in [1.82, 2.24) is 10.2 Å². The van der Waals surface area contributed by atoms with E-state index >= 15 is 0 Å². The van der Waals surface area contributed by atoms with Gasteiger partial charge in [0.2, 0.25) is 0 Å². The number of aromatic nitrogens is 2. The van der Waals surface area contributed by atoms with Crippen LogP contribution < -0.4 is 5.43 Å². The number of rotatable bonds is 2. The summed E-state index contributed by atoms with van der Waals surface area (Å²) in [5.74, 6) is 0.624. The molecule has 6 heteroatoms. The fourth-order valence-electron chi connectivity index (χ4n) is 2.00. The average molecular weight is 277 g/mol. The Labute approximate surface area is 115 Å². The van der Waals surface area contributed by atoms with Crippen LogP contribution >= 0.6 is 11.6 Å². The molecule has 1 fully saturated rings. The summed E-state index contributed by atoms with van der Waals surface area (Å²) in [6.45, 7) is 1.46. The summed E-state index contributed by atoms with van der Waals surface area (Å²) in [5, 5.41) is 14.6. The lowest BCUT2D eigenvalue weighted by atomic mass is 10.2. The van der Waals surface area contributed by atoms with E-state index in [4.69, 9.17) is 16.3 Å². The van der Waals surface area contributed by atoms with Gasteiger partial charge in [-0.3, -0.25) is 5.43 Å². The molecule has 1 aromatic carbocycles. The molecule has 19 heavy (non-hydrogen) atoms. The van der Waals surface area contributed by atoms with Gasteiger partial charge in [-0.2, -0.15) is 5.10 Å². The van der Waals surface area contributed by atoms with Crippen LogP contribution in [0.2, 0.25) is 5.15 Å². The van der Waals surface area contributed by atoms with E-state index in [1.54, 1.807) is 0 Å². The summed E-state index contributed by atoms with van der Waals surface area (Å²) in [5.41, 5.74) is 4.07. The molecule has 98 valence electrons. The lowest BCUT2D eigenvalue weighted by molar-refractivity contribution is 0.134. The van der Waals surface area contributed by atoms with E-state index in [1.165, 1.54) is 0 Å². The molecule has 0 atom stereocenters. The van der Waals surface area contributed by atoms with Crippen molar-refractivity contribution >= 4 is 33.9 Å². The summed E-state index contributed by atoms with van der Waals surface area (Å²) in [6.07, 6.45) is 1.71. The summed E-state index contributed by atoms with van der Waals surface area (Å²) in [6, 6.07) is 7.72. The molecule has 0 unspecified atom stereocenters. The third kappa shape index (κ3) is 2.67. The van der Waals surface area contributed by atoms with Crippen molar-refractivity contribution in [2.45, 2.75) is 12.8 Å². The molecule has 2 aromatic rings. The van der Waals surface area contributed by atoms with Crippen molar-refractivity contribution in [1.29, 1.82) is 0 Å². The number of fused-ring (bicyclic) bond motifs is 1. The number of hydrazone groups is 1. The number of hydrogen-bond acceptors (Lipinski definition) is 5. The lowest BCUT2D eigenvalue weighted by Crippen LogP contribution is -2.16. The molecular weight excluding hydrogens is 264 g/mol.